The van der Waals surface area contributed by atoms with Gasteiger partial charge in [0.15, 0.2) is 17.3 Å². The highest BCUT2D eigenvalue weighted by Gasteiger charge is 2.34. The van der Waals surface area contributed by atoms with Crippen LogP contribution in [-0.2, 0) is 0 Å². The molecule has 0 radical (unpaired) electrons. The van der Waals surface area contributed by atoms with Gasteiger partial charge in [-0.15, -0.1) is 0 Å². The highest BCUT2D eigenvalue weighted by atomic mass is 35.5. The largest absolute Gasteiger partial charge is 0.493 e. The molecule has 3 aromatic carbocycles. The summed E-state index contributed by atoms with van der Waals surface area (Å²) in [5.41, 5.74) is 2.67. The molecule has 0 fully saturated rings. The van der Waals surface area contributed by atoms with Crippen LogP contribution in [0.1, 0.15) is 41.4 Å². The first kappa shape index (κ1) is 23.4. The summed E-state index contributed by atoms with van der Waals surface area (Å²) in [6.07, 6.45) is -0.115. The zero-order valence-corrected chi connectivity index (χ0v) is 19.8. The maximum absolute atomic E-state index is 13.8. The SMILES string of the molecule is COc1cc([C@@H]2NC(=O)NC(c3ccccc3)=C2C(=O)c2ccccc2)cc(Cl)c1OC(C)C. The smallest absolute Gasteiger partial charge is 0.320 e. The van der Waals surface area contributed by atoms with Crippen molar-refractivity contribution >= 4 is 29.1 Å². The lowest BCUT2D eigenvalue weighted by Gasteiger charge is -2.31. The van der Waals surface area contributed by atoms with Gasteiger partial charge >= 0.3 is 6.03 Å². The number of amides is 2. The molecule has 7 heteroatoms. The second kappa shape index (κ2) is 10.0. The van der Waals surface area contributed by atoms with Gasteiger partial charge in [-0.25, -0.2) is 4.79 Å². The number of carbonyl (C=O) groups is 2. The standard InChI is InChI=1S/C27H25ClN2O4/c1-16(2)34-26-20(28)14-19(15-21(26)33-3)24-22(25(31)18-12-8-5-9-13-18)23(29-27(32)30-24)17-10-6-4-7-11-17/h4-16,24H,1-3H3,(H2,29,30,32)/t24-/m0/s1. The number of Topliss-reactive ketones (excluding diaryl/α,β-unsaturated/α-hetero) is 1. The molecule has 3 aromatic rings. The predicted molar refractivity (Wildman–Crippen MR) is 132 cm³/mol. The molecule has 0 saturated carbocycles. The average Bonchev–Trinajstić information content (AvgIpc) is 2.85. The Balaban J connectivity index is 1.92. The first-order chi connectivity index (χ1) is 16.4. The Labute approximate surface area is 203 Å². The lowest BCUT2D eigenvalue weighted by atomic mass is 9.87. The van der Waals surface area contributed by atoms with Gasteiger partial charge in [-0.3, -0.25) is 4.79 Å². The lowest BCUT2D eigenvalue weighted by molar-refractivity contribution is 0.102. The highest BCUT2D eigenvalue weighted by Crippen LogP contribution is 2.41. The molecule has 0 spiro atoms. The summed E-state index contributed by atoms with van der Waals surface area (Å²) in [4.78, 5) is 26.5. The Morgan fingerprint density at radius 2 is 1.65 bits per heavy atom. The Bertz CT molecular complexity index is 1240. The van der Waals surface area contributed by atoms with Gasteiger partial charge in [-0.05, 0) is 37.1 Å². The normalized spacial score (nSPS) is 15.6. The van der Waals surface area contributed by atoms with Crippen LogP contribution in [0, 0.1) is 0 Å². The molecule has 2 amide bonds. The van der Waals surface area contributed by atoms with Crippen LogP contribution in [0.4, 0.5) is 4.79 Å². The van der Waals surface area contributed by atoms with Crippen molar-refractivity contribution < 1.29 is 19.1 Å². The molecule has 0 bridgehead atoms. The van der Waals surface area contributed by atoms with Gasteiger partial charge in [0.2, 0.25) is 0 Å². The van der Waals surface area contributed by atoms with E-state index in [0.29, 0.717) is 38.9 Å². The second-order valence-electron chi connectivity index (χ2n) is 8.08. The number of benzene rings is 3. The number of hydrogen-bond acceptors (Lipinski definition) is 4. The number of halogens is 1. The number of urea groups is 1. The van der Waals surface area contributed by atoms with Gasteiger partial charge in [-0.1, -0.05) is 72.3 Å². The average molecular weight is 477 g/mol. The highest BCUT2D eigenvalue weighted by molar-refractivity contribution is 6.32. The molecule has 4 rings (SSSR count). The van der Waals surface area contributed by atoms with Crippen LogP contribution in [0.5, 0.6) is 11.5 Å². The summed E-state index contributed by atoms with van der Waals surface area (Å²) in [5.74, 6) is 0.609. The van der Waals surface area contributed by atoms with Crippen LogP contribution < -0.4 is 20.1 Å². The molecule has 1 aliphatic heterocycles. The number of nitrogens with one attached hydrogen (secondary N) is 2. The zero-order valence-electron chi connectivity index (χ0n) is 19.1. The van der Waals surface area contributed by atoms with Crippen LogP contribution in [0.3, 0.4) is 0 Å². The fraction of sp³-hybridized carbons (Fsp3) is 0.185. The van der Waals surface area contributed by atoms with E-state index in [1.807, 2.05) is 50.2 Å². The van der Waals surface area contributed by atoms with E-state index < -0.39 is 12.1 Å². The molecular formula is C27H25ClN2O4. The van der Waals surface area contributed by atoms with Crippen molar-refractivity contribution in [3.63, 3.8) is 0 Å². The van der Waals surface area contributed by atoms with E-state index in [1.165, 1.54) is 7.11 Å². The third-order valence-corrected chi connectivity index (χ3v) is 5.63. The summed E-state index contributed by atoms with van der Waals surface area (Å²) in [6.45, 7) is 3.78. The maximum atomic E-state index is 13.8. The van der Waals surface area contributed by atoms with Gasteiger partial charge < -0.3 is 20.1 Å². The molecule has 0 aliphatic carbocycles. The summed E-state index contributed by atoms with van der Waals surface area (Å²) >= 11 is 6.58. The molecule has 6 nitrogen and oxygen atoms in total. The van der Waals surface area contributed by atoms with Crippen LogP contribution in [0.25, 0.3) is 5.70 Å². The molecule has 1 heterocycles. The monoisotopic (exact) mass is 476 g/mol. The van der Waals surface area contributed by atoms with Crippen LogP contribution in [0.15, 0.2) is 78.4 Å². The lowest BCUT2D eigenvalue weighted by Crippen LogP contribution is -2.45. The van der Waals surface area contributed by atoms with Gasteiger partial charge in [0.1, 0.15) is 0 Å². The van der Waals surface area contributed by atoms with Crippen molar-refractivity contribution in [3.05, 3.63) is 100 Å². The topological polar surface area (TPSA) is 76.7 Å². The van der Waals surface area contributed by atoms with Gasteiger partial charge in [0.05, 0.1) is 35.5 Å². The molecule has 174 valence electrons. The predicted octanol–water partition coefficient (Wildman–Crippen LogP) is 5.78. The molecule has 0 unspecified atom stereocenters. The number of ether oxygens (including phenoxy) is 2. The fourth-order valence-electron chi connectivity index (χ4n) is 3.89. The summed E-state index contributed by atoms with van der Waals surface area (Å²) in [5, 5.41) is 6.04. The Hall–Kier alpha value is -3.77. The number of methoxy groups -OCH3 is 1. The second-order valence-corrected chi connectivity index (χ2v) is 8.49. The van der Waals surface area contributed by atoms with E-state index in [2.05, 4.69) is 10.6 Å². The van der Waals surface area contributed by atoms with Crippen molar-refractivity contribution in [2.45, 2.75) is 26.0 Å². The van der Waals surface area contributed by atoms with E-state index in [1.54, 1.807) is 36.4 Å². The third-order valence-electron chi connectivity index (χ3n) is 5.35. The maximum Gasteiger partial charge on any atom is 0.320 e. The molecule has 0 aromatic heterocycles. The number of hydrogen-bond donors (Lipinski definition) is 2. The summed E-state index contributed by atoms with van der Waals surface area (Å²) < 4.78 is 11.4. The van der Waals surface area contributed by atoms with E-state index in [0.717, 1.165) is 5.56 Å². The van der Waals surface area contributed by atoms with Crippen molar-refractivity contribution in [1.29, 1.82) is 0 Å². The molecule has 34 heavy (non-hydrogen) atoms. The fourth-order valence-corrected chi connectivity index (χ4v) is 4.16. The third kappa shape index (κ3) is 4.77. The number of carbonyl (C=O) groups excluding carboxylic acids is 2. The first-order valence-corrected chi connectivity index (χ1v) is 11.3. The van der Waals surface area contributed by atoms with E-state index in [9.17, 15) is 9.59 Å². The van der Waals surface area contributed by atoms with Crippen molar-refractivity contribution in [2.24, 2.45) is 0 Å². The zero-order chi connectivity index (χ0) is 24.2. The van der Waals surface area contributed by atoms with E-state index >= 15 is 0 Å². The van der Waals surface area contributed by atoms with Crippen LogP contribution >= 0.6 is 11.6 Å². The number of ketones is 1. The van der Waals surface area contributed by atoms with E-state index in [-0.39, 0.29) is 11.9 Å². The minimum atomic E-state index is -0.767. The Kier molecular flexibility index (Phi) is 6.89. The summed E-state index contributed by atoms with van der Waals surface area (Å²) in [6, 6.07) is 20.5. The summed E-state index contributed by atoms with van der Waals surface area (Å²) in [7, 11) is 1.52. The minimum absolute atomic E-state index is 0.115. The molecule has 1 atom stereocenters. The van der Waals surface area contributed by atoms with Crippen LogP contribution in [0.2, 0.25) is 5.02 Å². The quantitative estimate of drug-likeness (QED) is 0.423. The Morgan fingerprint density at radius 3 is 2.26 bits per heavy atom. The van der Waals surface area contributed by atoms with Gasteiger partial charge in [0.25, 0.3) is 0 Å². The van der Waals surface area contributed by atoms with Crippen molar-refractivity contribution in [3.8, 4) is 11.5 Å². The molecule has 1 aliphatic rings. The van der Waals surface area contributed by atoms with Crippen molar-refractivity contribution in [2.75, 3.05) is 7.11 Å². The van der Waals surface area contributed by atoms with E-state index in [4.69, 9.17) is 21.1 Å². The molecule has 0 saturated heterocycles. The Morgan fingerprint density at radius 1 is 1.00 bits per heavy atom. The molecular weight excluding hydrogens is 452 g/mol. The minimum Gasteiger partial charge on any atom is -0.493 e. The van der Waals surface area contributed by atoms with Gasteiger partial charge in [-0.2, -0.15) is 0 Å². The number of rotatable bonds is 7. The van der Waals surface area contributed by atoms with Gasteiger partial charge in [0, 0.05) is 5.56 Å². The molecule has 2 N–H and O–H groups in total. The van der Waals surface area contributed by atoms with Crippen LogP contribution in [-0.4, -0.2) is 25.0 Å². The first-order valence-electron chi connectivity index (χ1n) is 10.9. The van der Waals surface area contributed by atoms with Crippen molar-refractivity contribution in [1.82, 2.24) is 10.6 Å².